The highest BCUT2D eigenvalue weighted by Crippen LogP contribution is 2.64. The normalized spacial score (nSPS) is 36.0. The van der Waals surface area contributed by atoms with Gasteiger partial charge in [-0.3, -0.25) is 4.79 Å². The maximum absolute atomic E-state index is 13.2. The van der Waals surface area contributed by atoms with Crippen molar-refractivity contribution < 1.29 is 4.79 Å². The number of hydrogen-bond acceptors (Lipinski definition) is 2. The van der Waals surface area contributed by atoms with E-state index in [0.717, 1.165) is 49.8 Å². The number of alkyl halides is 1. The second-order valence-corrected chi connectivity index (χ2v) is 10.8. The van der Waals surface area contributed by atoms with Crippen LogP contribution in [0.2, 0.25) is 0 Å². The first-order valence-corrected chi connectivity index (χ1v) is 10.4. The van der Waals surface area contributed by atoms with Gasteiger partial charge in [0.2, 0.25) is 5.91 Å². The van der Waals surface area contributed by atoms with E-state index in [1.807, 2.05) is 0 Å². The van der Waals surface area contributed by atoms with E-state index in [1.165, 1.54) is 24.8 Å². The summed E-state index contributed by atoms with van der Waals surface area (Å²) in [5.74, 6) is 1.73. The van der Waals surface area contributed by atoms with Gasteiger partial charge in [-0.1, -0.05) is 28.1 Å². The molecule has 4 heteroatoms. The van der Waals surface area contributed by atoms with Gasteiger partial charge in [-0.05, 0) is 88.6 Å². The van der Waals surface area contributed by atoms with Gasteiger partial charge in [-0.2, -0.15) is 0 Å². The summed E-state index contributed by atoms with van der Waals surface area (Å²) in [7, 11) is 4.19. The van der Waals surface area contributed by atoms with Crippen molar-refractivity contribution in [2.45, 2.75) is 49.3 Å². The molecule has 4 saturated carbocycles. The summed E-state index contributed by atoms with van der Waals surface area (Å²) in [6.07, 6.45) is 8.09. The van der Waals surface area contributed by atoms with E-state index in [9.17, 15) is 4.79 Å². The third-order valence-electron chi connectivity index (χ3n) is 6.53. The van der Waals surface area contributed by atoms with Crippen molar-refractivity contribution in [2.75, 3.05) is 26.0 Å². The number of carbonyl (C=O) groups is 1. The van der Waals surface area contributed by atoms with E-state index < -0.39 is 0 Å². The molecule has 4 aliphatic carbocycles. The molecule has 4 fully saturated rings. The first kappa shape index (κ1) is 17.5. The highest BCUT2D eigenvalue weighted by atomic mass is 79.9. The Hall–Kier alpha value is -0.870. The number of nitrogens with zero attached hydrogens (tertiary/aromatic N) is 1. The van der Waals surface area contributed by atoms with Gasteiger partial charge < -0.3 is 10.2 Å². The summed E-state index contributed by atoms with van der Waals surface area (Å²) < 4.78 is 0.227. The molecular formula is C21H29BrN2O. The number of anilines is 1. The smallest absolute Gasteiger partial charge is 0.230 e. The van der Waals surface area contributed by atoms with Crippen LogP contribution < -0.4 is 5.32 Å². The molecule has 0 aromatic heterocycles. The third kappa shape index (κ3) is 3.52. The fourth-order valence-corrected chi connectivity index (χ4v) is 7.24. The molecule has 0 aliphatic heterocycles. The predicted molar refractivity (Wildman–Crippen MR) is 106 cm³/mol. The minimum atomic E-state index is -0.142. The molecule has 0 spiro atoms. The van der Waals surface area contributed by atoms with Crippen molar-refractivity contribution >= 4 is 27.5 Å². The number of likely N-dealkylation sites (N-methyl/N-ethyl adjacent to an activating group) is 1. The number of amides is 1. The van der Waals surface area contributed by atoms with E-state index in [1.54, 1.807) is 0 Å². The fraction of sp³-hybridized carbons (Fsp3) is 0.667. The molecule has 1 aromatic rings. The van der Waals surface area contributed by atoms with Crippen molar-refractivity contribution in [3.8, 4) is 0 Å². The maximum atomic E-state index is 13.2. The molecule has 136 valence electrons. The molecule has 1 amide bonds. The zero-order valence-corrected chi connectivity index (χ0v) is 16.9. The van der Waals surface area contributed by atoms with Gasteiger partial charge in [-0.25, -0.2) is 0 Å². The Labute approximate surface area is 159 Å². The van der Waals surface area contributed by atoms with Crippen LogP contribution in [0.5, 0.6) is 0 Å². The molecule has 2 unspecified atom stereocenters. The molecule has 0 saturated heterocycles. The largest absolute Gasteiger partial charge is 0.326 e. The van der Waals surface area contributed by atoms with Crippen LogP contribution in [0.3, 0.4) is 0 Å². The van der Waals surface area contributed by atoms with Gasteiger partial charge >= 0.3 is 0 Å². The lowest BCUT2D eigenvalue weighted by Crippen LogP contribution is -2.57. The van der Waals surface area contributed by atoms with E-state index in [-0.39, 0.29) is 15.6 Å². The zero-order chi connectivity index (χ0) is 17.7. The van der Waals surface area contributed by atoms with E-state index in [4.69, 9.17) is 0 Å². The molecule has 1 aromatic carbocycles. The lowest BCUT2D eigenvalue weighted by atomic mass is 9.49. The number of halogens is 1. The Bertz CT molecular complexity index is 640. The molecule has 0 heterocycles. The standard InChI is InChI=1S/C21H29BrN2O/c1-24(2)8-7-15-3-5-18(6-4-15)23-19(25)20-10-16-9-17(11-20)13-21(22,12-16)14-20/h3-6,16-17H,7-14H2,1-2H3,(H,23,25). The lowest BCUT2D eigenvalue weighted by molar-refractivity contribution is -0.138. The first-order valence-electron chi connectivity index (χ1n) is 9.60. The lowest BCUT2D eigenvalue weighted by Gasteiger charge is -2.59. The molecule has 3 nitrogen and oxygen atoms in total. The van der Waals surface area contributed by atoms with Gasteiger partial charge in [-0.15, -0.1) is 0 Å². The van der Waals surface area contributed by atoms with Gasteiger partial charge in [0, 0.05) is 16.6 Å². The quantitative estimate of drug-likeness (QED) is 0.734. The summed E-state index contributed by atoms with van der Waals surface area (Å²) in [6.45, 7) is 1.05. The molecule has 1 N–H and O–H groups in total. The van der Waals surface area contributed by atoms with Crippen molar-refractivity contribution in [2.24, 2.45) is 17.3 Å². The zero-order valence-electron chi connectivity index (χ0n) is 15.4. The monoisotopic (exact) mass is 404 g/mol. The van der Waals surface area contributed by atoms with Crippen molar-refractivity contribution in [1.82, 2.24) is 4.90 Å². The summed E-state index contributed by atoms with van der Waals surface area (Å²) in [5, 5.41) is 3.24. The predicted octanol–water partition coefficient (Wildman–Crippen LogP) is 4.46. The van der Waals surface area contributed by atoms with Crippen LogP contribution >= 0.6 is 15.9 Å². The summed E-state index contributed by atoms with van der Waals surface area (Å²) >= 11 is 4.00. The van der Waals surface area contributed by atoms with Crippen LogP contribution in [0, 0.1) is 17.3 Å². The van der Waals surface area contributed by atoms with Gasteiger partial charge in [0.15, 0.2) is 0 Å². The topological polar surface area (TPSA) is 32.3 Å². The number of rotatable bonds is 5. The second-order valence-electron chi connectivity index (χ2n) is 9.10. The minimum absolute atomic E-state index is 0.142. The van der Waals surface area contributed by atoms with Crippen LogP contribution in [0.1, 0.15) is 44.1 Å². The van der Waals surface area contributed by atoms with Crippen LogP contribution in [-0.2, 0) is 11.2 Å². The third-order valence-corrected chi connectivity index (χ3v) is 7.46. The van der Waals surface area contributed by atoms with Crippen LogP contribution in [0.15, 0.2) is 24.3 Å². The summed E-state index contributed by atoms with van der Waals surface area (Å²) in [6, 6.07) is 8.41. The van der Waals surface area contributed by atoms with Gasteiger partial charge in [0.25, 0.3) is 0 Å². The van der Waals surface area contributed by atoms with E-state index in [0.29, 0.717) is 0 Å². The van der Waals surface area contributed by atoms with E-state index >= 15 is 0 Å². The number of nitrogens with one attached hydrogen (secondary N) is 1. The average molecular weight is 405 g/mol. The number of benzene rings is 1. The molecule has 2 atom stereocenters. The first-order chi connectivity index (χ1) is 11.9. The number of carbonyl (C=O) groups excluding carboxylic acids is 1. The van der Waals surface area contributed by atoms with Gasteiger partial charge in [0.05, 0.1) is 5.41 Å². The van der Waals surface area contributed by atoms with Crippen LogP contribution in [0.25, 0.3) is 0 Å². The highest BCUT2D eigenvalue weighted by molar-refractivity contribution is 9.10. The number of hydrogen-bond donors (Lipinski definition) is 1. The summed E-state index contributed by atoms with van der Waals surface area (Å²) in [4.78, 5) is 15.4. The molecular weight excluding hydrogens is 376 g/mol. The average Bonchev–Trinajstić information content (AvgIpc) is 2.51. The molecule has 4 bridgehead atoms. The SMILES string of the molecule is CN(C)CCc1ccc(NC(=O)C23CC4CC(CC(Br)(C4)C2)C3)cc1. The Morgan fingerprint density at radius 2 is 1.80 bits per heavy atom. The fourth-order valence-electron chi connectivity index (χ4n) is 5.79. The molecule has 0 radical (unpaired) electrons. The van der Waals surface area contributed by atoms with Crippen molar-refractivity contribution in [3.63, 3.8) is 0 Å². The Balaban J connectivity index is 1.44. The Morgan fingerprint density at radius 3 is 2.36 bits per heavy atom. The minimum Gasteiger partial charge on any atom is -0.326 e. The van der Waals surface area contributed by atoms with Crippen LogP contribution in [0.4, 0.5) is 5.69 Å². The molecule has 25 heavy (non-hydrogen) atoms. The highest BCUT2D eigenvalue weighted by Gasteiger charge is 2.59. The Kier molecular flexibility index (Phi) is 4.48. The van der Waals surface area contributed by atoms with Crippen molar-refractivity contribution in [1.29, 1.82) is 0 Å². The van der Waals surface area contributed by atoms with Crippen LogP contribution in [-0.4, -0.2) is 35.8 Å². The molecule has 4 aliphatic rings. The van der Waals surface area contributed by atoms with Gasteiger partial charge in [0.1, 0.15) is 0 Å². The Morgan fingerprint density at radius 1 is 1.16 bits per heavy atom. The van der Waals surface area contributed by atoms with E-state index in [2.05, 4.69) is 64.5 Å². The molecule has 5 rings (SSSR count). The maximum Gasteiger partial charge on any atom is 0.230 e. The van der Waals surface area contributed by atoms with Crippen molar-refractivity contribution in [3.05, 3.63) is 29.8 Å². The summed E-state index contributed by atoms with van der Waals surface area (Å²) in [5.41, 5.74) is 2.12. The second kappa shape index (κ2) is 6.38.